The molecule has 0 aliphatic carbocycles. The summed E-state index contributed by atoms with van der Waals surface area (Å²) < 4.78 is 0. The van der Waals surface area contributed by atoms with Gasteiger partial charge in [-0.25, -0.2) is 15.0 Å². The number of rotatable bonds is 7. The van der Waals surface area contributed by atoms with Crippen molar-refractivity contribution >= 4 is 49.5 Å². The fraction of sp³-hybridized carbons (Fsp3) is 0. The van der Waals surface area contributed by atoms with Crippen LogP contribution in [0.2, 0.25) is 0 Å². The summed E-state index contributed by atoms with van der Waals surface area (Å²) >= 11 is 0. The lowest BCUT2D eigenvalue weighted by atomic mass is 9.92. The first-order valence-electron chi connectivity index (χ1n) is 18.5. The van der Waals surface area contributed by atoms with Crippen LogP contribution in [-0.4, -0.2) is 15.0 Å². The van der Waals surface area contributed by atoms with Gasteiger partial charge in [-0.2, -0.15) is 0 Å². The Morgan fingerprint density at radius 1 is 0.345 bits per heavy atom. The summed E-state index contributed by atoms with van der Waals surface area (Å²) in [7, 11) is 0. The maximum Gasteiger partial charge on any atom is 0.160 e. The molecule has 0 amide bonds. The van der Waals surface area contributed by atoms with E-state index in [-0.39, 0.29) is 0 Å². The average molecular weight is 703 g/mol. The first-order valence-corrected chi connectivity index (χ1v) is 18.5. The van der Waals surface area contributed by atoms with E-state index in [1.807, 2.05) is 24.3 Å². The Labute approximate surface area is 319 Å². The predicted octanol–water partition coefficient (Wildman–Crippen LogP) is 13.5. The monoisotopic (exact) mass is 702 g/mol. The van der Waals surface area contributed by atoms with Gasteiger partial charge in [0, 0.05) is 55.5 Å². The Morgan fingerprint density at radius 2 is 0.927 bits per heavy atom. The normalized spacial score (nSPS) is 11.3. The molecule has 8 aromatic carbocycles. The van der Waals surface area contributed by atoms with E-state index >= 15 is 0 Å². The van der Waals surface area contributed by atoms with Crippen LogP contribution in [0.4, 0.5) is 17.1 Å². The van der Waals surface area contributed by atoms with Crippen molar-refractivity contribution < 1.29 is 0 Å². The Morgan fingerprint density at radius 3 is 1.62 bits per heavy atom. The van der Waals surface area contributed by atoms with E-state index in [0.717, 1.165) is 78.1 Å². The minimum Gasteiger partial charge on any atom is -0.311 e. The number of hydrogen-bond acceptors (Lipinski definition) is 4. The fourth-order valence-corrected chi connectivity index (χ4v) is 7.68. The van der Waals surface area contributed by atoms with Gasteiger partial charge in [-0.1, -0.05) is 158 Å². The van der Waals surface area contributed by atoms with Gasteiger partial charge in [0.05, 0.1) is 22.6 Å². The molecule has 0 bridgehead atoms. The topological polar surface area (TPSA) is 41.9 Å². The molecule has 2 heterocycles. The Kier molecular flexibility index (Phi) is 8.12. The third-order valence-electron chi connectivity index (χ3n) is 10.2. The number of anilines is 3. The third kappa shape index (κ3) is 5.96. The molecule has 0 fully saturated rings. The lowest BCUT2D eigenvalue weighted by Gasteiger charge is -2.25. The van der Waals surface area contributed by atoms with Crippen LogP contribution in [0.25, 0.3) is 77.6 Å². The summed E-state index contributed by atoms with van der Waals surface area (Å²) in [6, 6.07) is 71.9. The number of pyridine rings is 1. The standard InChI is InChI=1S/C51H34N4/c1-5-17-36(18-6-1)46-34-47(54-51(53-46)38-19-7-2-8-20-38)43-26-15-27-45-49(43)48-42-25-14-13-16-35(42)30-33-44(48)50(52-45)37-28-31-41(32-29-37)55(39-21-9-3-10-22-39)40-23-11-4-12-24-40/h1-34H. The van der Waals surface area contributed by atoms with Crippen molar-refractivity contribution in [3.63, 3.8) is 0 Å². The number of fused-ring (bicyclic) bond motifs is 5. The molecule has 0 aliphatic rings. The number of hydrogen-bond donors (Lipinski definition) is 0. The van der Waals surface area contributed by atoms with Crippen LogP contribution in [0.3, 0.4) is 0 Å². The number of nitrogens with zero attached hydrogens (tertiary/aromatic N) is 4. The Bertz CT molecular complexity index is 2850. The van der Waals surface area contributed by atoms with E-state index in [2.05, 4.69) is 187 Å². The summed E-state index contributed by atoms with van der Waals surface area (Å²) in [5, 5.41) is 5.69. The summed E-state index contributed by atoms with van der Waals surface area (Å²) in [5.74, 6) is 0.688. The van der Waals surface area contributed by atoms with Gasteiger partial charge in [-0.3, -0.25) is 0 Å². The lowest BCUT2D eigenvalue weighted by Crippen LogP contribution is -2.09. The van der Waals surface area contributed by atoms with E-state index in [9.17, 15) is 0 Å². The quantitative estimate of drug-likeness (QED) is 0.155. The molecule has 0 spiro atoms. The van der Waals surface area contributed by atoms with Crippen LogP contribution in [0.5, 0.6) is 0 Å². The van der Waals surface area contributed by atoms with Gasteiger partial charge in [-0.15, -0.1) is 0 Å². The van der Waals surface area contributed by atoms with Crippen molar-refractivity contribution in [3.8, 4) is 45.2 Å². The van der Waals surface area contributed by atoms with Crippen molar-refractivity contribution in [2.75, 3.05) is 4.90 Å². The molecular formula is C51H34N4. The van der Waals surface area contributed by atoms with Crippen LogP contribution in [0.1, 0.15) is 0 Å². The summed E-state index contributed by atoms with van der Waals surface area (Å²) in [4.78, 5) is 18.1. The van der Waals surface area contributed by atoms with E-state index in [1.54, 1.807) is 0 Å². The SMILES string of the molecule is c1ccc(-c2cc(-c3cccc4nc(-c5ccc(N(c6ccccc6)c6ccccc6)cc5)c5ccc6ccccc6c5c34)nc(-c3ccccc3)n2)cc1. The highest BCUT2D eigenvalue weighted by atomic mass is 15.1. The molecule has 0 radical (unpaired) electrons. The van der Waals surface area contributed by atoms with Gasteiger partial charge in [0.15, 0.2) is 5.82 Å². The van der Waals surface area contributed by atoms with Gasteiger partial charge in [0.1, 0.15) is 0 Å². The summed E-state index contributed by atoms with van der Waals surface area (Å²) in [6.45, 7) is 0. The molecule has 0 unspecified atom stereocenters. The molecule has 0 atom stereocenters. The molecule has 0 saturated heterocycles. The van der Waals surface area contributed by atoms with Gasteiger partial charge in [0.25, 0.3) is 0 Å². The summed E-state index contributed by atoms with van der Waals surface area (Å²) in [6.07, 6.45) is 0. The second-order valence-corrected chi connectivity index (χ2v) is 13.6. The minimum absolute atomic E-state index is 0.688. The smallest absolute Gasteiger partial charge is 0.160 e. The summed E-state index contributed by atoms with van der Waals surface area (Å²) in [5.41, 5.74) is 11.0. The van der Waals surface area contributed by atoms with Crippen LogP contribution in [-0.2, 0) is 0 Å². The maximum absolute atomic E-state index is 5.46. The molecule has 2 aromatic heterocycles. The van der Waals surface area contributed by atoms with Crippen molar-refractivity contribution in [1.82, 2.24) is 15.0 Å². The van der Waals surface area contributed by atoms with Gasteiger partial charge >= 0.3 is 0 Å². The zero-order valence-electron chi connectivity index (χ0n) is 29.9. The van der Waals surface area contributed by atoms with Crippen molar-refractivity contribution in [2.24, 2.45) is 0 Å². The molecule has 0 N–H and O–H groups in total. The number of aromatic nitrogens is 3. The van der Waals surface area contributed by atoms with E-state index in [0.29, 0.717) is 5.82 Å². The molecule has 0 saturated carbocycles. The molecule has 10 rings (SSSR count). The van der Waals surface area contributed by atoms with Gasteiger partial charge in [-0.05, 0) is 59.3 Å². The molecule has 10 aromatic rings. The van der Waals surface area contributed by atoms with E-state index in [1.165, 1.54) is 10.8 Å². The van der Waals surface area contributed by atoms with E-state index in [4.69, 9.17) is 15.0 Å². The first kappa shape index (κ1) is 32.2. The second kappa shape index (κ2) is 13.8. The second-order valence-electron chi connectivity index (χ2n) is 13.6. The first-order chi connectivity index (χ1) is 27.3. The van der Waals surface area contributed by atoms with E-state index < -0.39 is 0 Å². The predicted molar refractivity (Wildman–Crippen MR) is 229 cm³/mol. The maximum atomic E-state index is 5.46. The fourth-order valence-electron chi connectivity index (χ4n) is 7.68. The zero-order valence-corrected chi connectivity index (χ0v) is 29.9. The third-order valence-corrected chi connectivity index (χ3v) is 10.2. The molecule has 55 heavy (non-hydrogen) atoms. The number of benzene rings is 8. The molecule has 4 heteroatoms. The van der Waals surface area contributed by atoms with Crippen LogP contribution >= 0.6 is 0 Å². The Hall–Kier alpha value is -7.43. The van der Waals surface area contributed by atoms with Crippen molar-refractivity contribution in [1.29, 1.82) is 0 Å². The highest BCUT2D eigenvalue weighted by molar-refractivity contribution is 6.25. The van der Waals surface area contributed by atoms with Crippen LogP contribution in [0.15, 0.2) is 206 Å². The lowest BCUT2D eigenvalue weighted by molar-refractivity contribution is 1.18. The van der Waals surface area contributed by atoms with Crippen molar-refractivity contribution in [2.45, 2.75) is 0 Å². The van der Waals surface area contributed by atoms with Crippen molar-refractivity contribution in [3.05, 3.63) is 206 Å². The highest BCUT2D eigenvalue weighted by Crippen LogP contribution is 2.42. The molecule has 0 aliphatic heterocycles. The molecule has 258 valence electrons. The van der Waals surface area contributed by atoms with Crippen LogP contribution in [0, 0.1) is 0 Å². The molecular weight excluding hydrogens is 669 g/mol. The van der Waals surface area contributed by atoms with Gasteiger partial charge in [0.2, 0.25) is 0 Å². The van der Waals surface area contributed by atoms with Gasteiger partial charge < -0.3 is 4.90 Å². The zero-order chi connectivity index (χ0) is 36.6. The largest absolute Gasteiger partial charge is 0.311 e. The minimum atomic E-state index is 0.688. The molecule has 4 nitrogen and oxygen atoms in total. The van der Waals surface area contributed by atoms with Crippen LogP contribution < -0.4 is 4.90 Å². The number of para-hydroxylation sites is 2. The Balaban J connectivity index is 1.19. The average Bonchev–Trinajstić information content (AvgIpc) is 3.27. The highest BCUT2D eigenvalue weighted by Gasteiger charge is 2.19.